The molecule has 2 rings (SSSR count). The van der Waals surface area contributed by atoms with E-state index in [1.165, 1.54) is 11.0 Å². The summed E-state index contributed by atoms with van der Waals surface area (Å²) >= 11 is 0. The molecule has 1 aliphatic heterocycles. The average Bonchev–Trinajstić information content (AvgIpc) is 2.77. The standard InChI is InChI=1S/C14H19N3O4/c1-14(19)6-7-16(9-14)11-5-4-10(13(18)15(2)3)8-12(11)17(20)21/h4-5,8,19H,6-7,9H2,1-3H3. The predicted octanol–water partition coefficient (Wildman–Crippen LogP) is 1.26. The average molecular weight is 293 g/mol. The minimum Gasteiger partial charge on any atom is -0.388 e. The van der Waals surface area contributed by atoms with Crippen LogP contribution in [0, 0.1) is 10.1 Å². The number of nitro benzene ring substituents is 1. The molecule has 1 heterocycles. The number of β-amino-alcohol motifs (C(OH)–C–C–N with tert-alkyl or cyclic N) is 1. The van der Waals surface area contributed by atoms with Crippen molar-refractivity contribution in [1.82, 2.24) is 4.90 Å². The molecule has 1 aromatic carbocycles. The summed E-state index contributed by atoms with van der Waals surface area (Å²) in [4.78, 5) is 25.8. The van der Waals surface area contributed by atoms with Gasteiger partial charge in [0.05, 0.1) is 10.5 Å². The molecule has 21 heavy (non-hydrogen) atoms. The van der Waals surface area contributed by atoms with Crippen LogP contribution in [-0.2, 0) is 0 Å². The van der Waals surface area contributed by atoms with E-state index < -0.39 is 10.5 Å². The van der Waals surface area contributed by atoms with E-state index in [1.54, 1.807) is 38.1 Å². The van der Waals surface area contributed by atoms with Crippen molar-refractivity contribution in [1.29, 1.82) is 0 Å². The van der Waals surface area contributed by atoms with E-state index in [1.807, 2.05) is 0 Å². The molecule has 1 unspecified atom stereocenters. The van der Waals surface area contributed by atoms with Crippen molar-refractivity contribution in [3.63, 3.8) is 0 Å². The molecule has 1 atom stereocenters. The number of carbonyl (C=O) groups is 1. The van der Waals surface area contributed by atoms with Crippen LogP contribution in [0.25, 0.3) is 0 Å². The van der Waals surface area contributed by atoms with Crippen molar-refractivity contribution in [2.45, 2.75) is 18.9 Å². The Morgan fingerprint density at radius 1 is 1.48 bits per heavy atom. The van der Waals surface area contributed by atoms with Gasteiger partial charge in [-0.2, -0.15) is 0 Å². The number of hydrogen-bond donors (Lipinski definition) is 1. The fourth-order valence-corrected chi connectivity index (χ4v) is 2.48. The van der Waals surface area contributed by atoms with Crippen LogP contribution in [0.2, 0.25) is 0 Å². The van der Waals surface area contributed by atoms with Gasteiger partial charge < -0.3 is 14.9 Å². The van der Waals surface area contributed by atoms with Crippen molar-refractivity contribution < 1.29 is 14.8 Å². The van der Waals surface area contributed by atoms with Crippen molar-refractivity contribution in [2.75, 3.05) is 32.1 Å². The number of amides is 1. The molecule has 0 bridgehead atoms. The Bertz CT molecular complexity index is 584. The van der Waals surface area contributed by atoms with Gasteiger partial charge in [0.2, 0.25) is 0 Å². The van der Waals surface area contributed by atoms with Crippen LogP contribution in [0.4, 0.5) is 11.4 Å². The molecule has 1 aromatic rings. The van der Waals surface area contributed by atoms with Crippen LogP contribution < -0.4 is 4.90 Å². The molecule has 0 spiro atoms. The van der Waals surface area contributed by atoms with Gasteiger partial charge in [-0.25, -0.2) is 0 Å². The first kappa shape index (κ1) is 15.2. The van der Waals surface area contributed by atoms with Crippen molar-refractivity contribution in [3.8, 4) is 0 Å². The number of carbonyl (C=O) groups excluding carboxylic acids is 1. The van der Waals surface area contributed by atoms with Crippen LogP contribution in [-0.4, -0.2) is 53.6 Å². The maximum absolute atomic E-state index is 11.9. The van der Waals surface area contributed by atoms with Gasteiger partial charge in [0, 0.05) is 38.8 Å². The Hall–Kier alpha value is -2.15. The lowest BCUT2D eigenvalue weighted by Crippen LogP contribution is -2.30. The number of nitrogens with zero attached hydrogens (tertiary/aromatic N) is 3. The van der Waals surface area contributed by atoms with E-state index in [-0.39, 0.29) is 17.2 Å². The lowest BCUT2D eigenvalue weighted by molar-refractivity contribution is -0.384. The SMILES string of the molecule is CN(C)C(=O)c1ccc(N2CCC(C)(O)C2)c([N+](=O)[O-])c1. The second-order valence-electron chi connectivity index (χ2n) is 5.83. The van der Waals surface area contributed by atoms with Gasteiger partial charge in [-0.15, -0.1) is 0 Å². The Balaban J connectivity index is 2.39. The Morgan fingerprint density at radius 2 is 2.14 bits per heavy atom. The molecule has 1 fully saturated rings. The zero-order chi connectivity index (χ0) is 15.8. The zero-order valence-corrected chi connectivity index (χ0v) is 12.4. The van der Waals surface area contributed by atoms with Crippen LogP contribution in [0.1, 0.15) is 23.7 Å². The van der Waals surface area contributed by atoms with Gasteiger partial charge >= 0.3 is 0 Å². The monoisotopic (exact) mass is 293 g/mol. The van der Waals surface area contributed by atoms with Gasteiger partial charge in [-0.1, -0.05) is 0 Å². The van der Waals surface area contributed by atoms with Crippen LogP contribution in [0.15, 0.2) is 18.2 Å². The second kappa shape index (κ2) is 5.33. The normalized spacial score (nSPS) is 21.4. The number of aliphatic hydroxyl groups is 1. The van der Waals surface area contributed by atoms with Crippen LogP contribution in [0.3, 0.4) is 0 Å². The Kier molecular flexibility index (Phi) is 3.87. The van der Waals surface area contributed by atoms with Gasteiger partial charge in [-0.3, -0.25) is 14.9 Å². The van der Waals surface area contributed by atoms with Crippen LogP contribution >= 0.6 is 0 Å². The summed E-state index contributed by atoms with van der Waals surface area (Å²) in [6.07, 6.45) is 0.558. The summed E-state index contributed by atoms with van der Waals surface area (Å²) in [6, 6.07) is 4.46. The maximum Gasteiger partial charge on any atom is 0.293 e. The van der Waals surface area contributed by atoms with Crippen molar-refractivity contribution in [3.05, 3.63) is 33.9 Å². The third-order valence-electron chi connectivity index (χ3n) is 3.62. The highest BCUT2D eigenvalue weighted by Crippen LogP contribution is 2.34. The number of rotatable bonds is 3. The largest absolute Gasteiger partial charge is 0.388 e. The summed E-state index contributed by atoms with van der Waals surface area (Å²) < 4.78 is 0. The molecule has 1 saturated heterocycles. The van der Waals surface area contributed by atoms with E-state index in [2.05, 4.69) is 0 Å². The first-order chi connectivity index (χ1) is 9.71. The van der Waals surface area contributed by atoms with Gasteiger partial charge in [0.15, 0.2) is 0 Å². The molecule has 1 amide bonds. The highest BCUT2D eigenvalue weighted by molar-refractivity contribution is 5.95. The highest BCUT2D eigenvalue weighted by atomic mass is 16.6. The van der Waals surface area contributed by atoms with Crippen LogP contribution in [0.5, 0.6) is 0 Å². The van der Waals surface area contributed by atoms with E-state index in [9.17, 15) is 20.0 Å². The summed E-state index contributed by atoms with van der Waals surface area (Å²) in [6.45, 7) is 2.60. The molecule has 7 nitrogen and oxygen atoms in total. The lowest BCUT2D eigenvalue weighted by Gasteiger charge is -2.21. The Labute approximate surface area is 122 Å². The molecule has 0 saturated carbocycles. The smallest absolute Gasteiger partial charge is 0.293 e. The first-order valence-electron chi connectivity index (χ1n) is 6.69. The Morgan fingerprint density at radius 3 is 2.62 bits per heavy atom. The first-order valence-corrected chi connectivity index (χ1v) is 6.69. The summed E-state index contributed by atoms with van der Waals surface area (Å²) in [5.41, 5.74) is -0.235. The minimum absolute atomic E-state index is 0.111. The topological polar surface area (TPSA) is 86.9 Å². The molecular weight excluding hydrogens is 274 g/mol. The van der Waals surface area contributed by atoms with E-state index in [4.69, 9.17) is 0 Å². The summed E-state index contributed by atoms with van der Waals surface area (Å²) in [5.74, 6) is -0.280. The predicted molar refractivity (Wildman–Crippen MR) is 78.6 cm³/mol. The maximum atomic E-state index is 11.9. The lowest BCUT2D eigenvalue weighted by atomic mass is 10.1. The van der Waals surface area contributed by atoms with E-state index in [0.717, 1.165) is 0 Å². The van der Waals surface area contributed by atoms with E-state index in [0.29, 0.717) is 25.2 Å². The quantitative estimate of drug-likeness (QED) is 0.669. The third-order valence-corrected chi connectivity index (χ3v) is 3.62. The van der Waals surface area contributed by atoms with Crippen molar-refractivity contribution >= 4 is 17.3 Å². The molecule has 0 aliphatic carbocycles. The molecular formula is C14H19N3O4. The molecule has 0 radical (unpaired) electrons. The highest BCUT2D eigenvalue weighted by Gasteiger charge is 2.34. The van der Waals surface area contributed by atoms with Gasteiger partial charge in [0.25, 0.3) is 11.6 Å². The molecule has 114 valence electrons. The number of benzene rings is 1. The summed E-state index contributed by atoms with van der Waals surface area (Å²) in [7, 11) is 3.19. The van der Waals surface area contributed by atoms with E-state index >= 15 is 0 Å². The second-order valence-corrected chi connectivity index (χ2v) is 5.83. The number of nitro groups is 1. The van der Waals surface area contributed by atoms with Gasteiger partial charge in [-0.05, 0) is 25.5 Å². The summed E-state index contributed by atoms with van der Waals surface area (Å²) in [5, 5.41) is 21.3. The number of anilines is 1. The number of hydrogen-bond acceptors (Lipinski definition) is 5. The fraction of sp³-hybridized carbons (Fsp3) is 0.500. The van der Waals surface area contributed by atoms with Crippen molar-refractivity contribution in [2.24, 2.45) is 0 Å². The molecule has 1 aliphatic rings. The molecule has 0 aromatic heterocycles. The zero-order valence-electron chi connectivity index (χ0n) is 12.4. The molecule has 7 heteroatoms. The third kappa shape index (κ3) is 3.13. The molecule has 1 N–H and O–H groups in total. The fourth-order valence-electron chi connectivity index (χ4n) is 2.48. The van der Waals surface area contributed by atoms with Gasteiger partial charge in [0.1, 0.15) is 5.69 Å². The minimum atomic E-state index is -0.841.